The predicted molar refractivity (Wildman–Crippen MR) is 70.9 cm³/mol. The third-order valence-corrected chi connectivity index (χ3v) is 3.45. The average molecular weight is 262 g/mol. The van der Waals surface area contributed by atoms with E-state index >= 15 is 0 Å². The van der Waals surface area contributed by atoms with Gasteiger partial charge in [0.2, 0.25) is 0 Å². The summed E-state index contributed by atoms with van der Waals surface area (Å²) in [5.41, 5.74) is 0.601. The van der Waals surface area contributed by atoms with Gasteiger partial charge in [-0.2, -0.15) is 0 Å². The zero-order chi connectivity index (χ0) is 14.2. The Morgan fingerprint density at radius 2 is 1.42 bits per heavy atom. The second kappa shape index (κ2) is 4.74. The van der Waals surface area contributed by atoms with Crippen molar-refractivity contribution in [1.29, 1.82) is 0 Å². The molecule has 2 aromatic rings. The molecule has 2 rings (SSSR count). The van der Waals surface area contributed by atoms with Gasteiger partial charge < -0.3 is 5.11 Å². The fourth-order valence-corrected chi connectivity index (χ4v) is 2.01. The van der Waals surface area contributed by atoms with E-state index in [2.05, 4.69) is 0 Å². The number of hydrogen-bond acceptors (Lipinski definition) is 1. The molecule has 0 saturated carbocycles. The molecule has 0 bridgehead atoms. The van der Waals surface area contributed by atoms with Crippen molar-refractivity contribution in [3.05, 3.63) is 70.3 Å². The lowest BCUT2D eigenvalue weighted by molar-refractivity contribution is 0.102. The minimum Gasteiger partial charge on any atom is -0.381 e. The summed E-state index contributed by atoms with van der Waals surface area (Å²) in [5, 5.41) is 10.6. The SMILES string of the molecule is Cc1cc(C(C)(O)c2ccc(C)c(F)c2)ccc1F. The van der Waals surface area contributed by atoms with Crippen molar-refractivity contribution in [2.24, 2.45) is 0 Å². The van der Waals surface area contributed by atoms with E-state index in [-0.39, 0.29) is 11.6 Å². The molecule has 0 aliphatic heterocycles. The Morgan fingerprint density at radius 1 is 0.842 bits per heavy atom. The molecular formula is C16H16F2O. The molecule has 0 aromatic heterocycles. The van der Waals surface area contributed by atoms with E-state index in [1.54, 1.807) is 39.0 Å². The van der Waals surface area contributed by atoms with Crippen molar-refractivity contribution in [3.63, 3.8) is 0 Å². The van der Waals surface area contributed by atoms with E-state index < -0.39 is 5.60 Å². The van der Waals surface area contributed by atoms with Crippen LogP contribution in [-0.4, -0.2) is 5.11 Å². The molecule has 1 atom stereocenters. The highest BCUT2D eigenvalue weighted by molar-refractivity contribution is 5.38. The first kappa shape index (κ1) is 13.7. The maximum absolute atomic E-state index is 13.6. The summed E-state index contributed by atoms with van der Waals surface area (Å²) in [6.45, 7) is 4.87. The molecule has 2 aromatic carbocycles. The summed E-state index contributed by atoms with van der Waals surface area (Å²) in [6.07, 6.45) is 0. The molecule has 0 radical (unpaired) electrons. The first-order valence-electron chi connectivity index (χ1n) is 6.08. The maximum Gasteiger partial charge on any atom is 0.126 e. The van der Waals surface area contributed by atoms with E-state index in [1.165, 1.54) is 18.2 Å². The van der Waals surface area contributed by atoms with Crippen LogP contribution in [-0.2, 0) is 5.60 Å². The molecule has 0 spiro atoms. The monoisotopic (exact) mass is 262 g/mol. The Bertz CT molecular complexity index is 565. The Morgan fingerprint density at radius 3 is 2.00 bits per heavy atom. The Hall–Kier alpha value is -1.74. The smallest absolute Gasteiger partial charge is 0.126 e. The van der Waals surface area contributed by atoms with Crippen LogP contribution in [0, 0.1) is 25.5 Å². The lowest BCUT2D eigenvalue weighted by Gasteiger charge is -2.25. The number of aryl methyl sites for hydroxylation is 2. The molecule has 0 saturated heterocycles. The van der Waals surface area contributed by atoms with E-state index in [0.717, 1.165) is 0 Å². The van der Waals surface area contributed by atoms with Gasteiger partial charge in [0.25, 0.3) is 0 Å². The van der Waals surface area contributed by atoms with Gasteiger partial charge >= 0.3 is 0 Å². The third kappa shape index (κ3) is 2.51. The van der Waals surface area contributed by atoms with E-state index in [9.17, 15) is 13.9 Å². The van der Waals surface area contributed by atoms with Gasteiger partial charge in [-0.3, -0.25) is 0 Å². The molecule has 0 aliphatic carbocycles. The fourth-order valence-electron chi connectivity index (χ4n) is 2.01. The highest BCUT2D eigenvalue weighted by Crippen LogP contribution is 2.31. The minimum absolute atomic E-state index is 0.324. The van der Waals surface area contributed by atoms with Crippen molar-refractivity contribution in [3.8, 4) is 0 Å². The first-order chi connectivity index (χ1) is 8.82. The van der Waals surface area contributed by atoms with Gasteiger partial charge in [-0.15, -0.1) is 0 Å². The number of halogens is 2. The second-order valence-electron chi connectivity index (χ2n) is 5.00. The molecule has 0 amide bonds. The number of benzene rings is 2. The van der Waals surface area contributed by atoms with Crippen LogP contribution >= 0.6 is 0 Å². The van der Waals surface area contributed by atoms with Crippen molar-refractivity contribution in [2.75, 3.05) is 0 Å². The third-order valence-electron chi connectivity index (χ3n) is 3.45. The minimum atomic E-state index is -1.35. The molecular weight excluding hydrogens is 246 g/mol. The highest BCUT2D eigenvalue weighted by atomic mass is 19.1. The van der Waals surface area contributed by atoms with Crippen LogP contribution in [0.3, 0.4) is 0 Å². The molecule has 1 unspecified atom stereocenters. The van der Waals surface area contributed by atoms with Crippen LogP contribution in [0.4, 0.5) is 8.78 Å². The molecule has 0 aliphatic rings. The number of hydrogen-bond donors (Lipinski definition) is 1. The zero-order valence-corrected chi connectivity index (χ0v) is 11.2. The largest absolute Gasteiger partial charge is 0.381 e. The summed E-state index contributed by atoms with van der Waals surface area (Å²) in [6, 6.07) is 9.01. The van der Waals surface area contributed by atoms with Crippen LogP contribution in [0.5, 0.6) is 0 Å². The summed E-state index contributed by atoms with van der Waals surface area (Å²) < 4.78 is 26.9. The Labute approximate surface area is 111 Å². The number of rotatable bonds is 2. The van der Waals surface area contributed by atoms with Gasteiger partial charge in [0, 0.05) is 0 Å². The molecule has 100 valence electrons. The molecule has 19 heavy (non-hydrogen) atoms. The van der Waals surface area contributed by atoms with Crippen LogP contribution in [0.25, 0.3) is 0 Å². The standard InChI is InChI=1S/C16H16F2O/c1-10-4-5-13(9-15(10)18)16(3,19)12-6-7-14(17)11(2)8-12/h4-9,19H,1-3H3. The van der Waals surface area contributed by atoms with E-state index in [1.807, 2.05) is 0 Å². The Kier molecular flexibility index (Phi) is 3.42. The average Bonchev–Trinajstić information content (AvgIpc) is 2.35. The summed E-state index contributed by atoms with van der Waals surface area (Å²) >= 11 is 0. The summed E-state index contributed by atoms with van der Waals surface area (Å²) in [7, 11) is 0. The lowest BCUT2D eigenvalue weighted by atomic mass is 9.87. The fraction of sp³-hybridized carbons (Fsp3) is 0.250. The van der Waals surface area contributed by atoms with E-state index in [0.29, 0.717) is 22.3 Å². The van der Waals surface area contributed by atoms with Crippen molar-refractivity contribution >= 4 is 0 Å². The maximum atomic E-state index is 13.6. The van der Waals surface area contributed by atoms with Gasteiger partial charge in [0.05, 0.1) is 0 Å². The van der Waals surface area contributed by atoms with Gasteiger partial charge in [0.15, 0.2) is 0 Å². The van der Waals surface area contributed by atoms with Crippen LogP contribution < -0.4 is 0 Å². The van der Waals surface area contributed by atoms with Crippen molar-refractivity contribution in [2.45, 2.75) is 26.4 Å². The summed E-state index contributed by atoms with van der Waals surface area (Å²) in [5.74, 6) is -0.689. The summed E-state index contributed by atoms with van der Waals surface area (Å²) in [4.78, 5) is 0. The highest BCUT2D eigenvalue weighted by Gasteiger charge is 2.26. The van der Waals surface area contributed by atoms with Crippen LogP contribution in [0.15, 0.2) is 36.4 Å². The van der Waals surface area contributed by atoms with Crippen molar-refractivity contribution in [1.82, 2.24) is 0 Å². The quantitative estimate of drug-likeness (QED) is 0.872. The van der Waals surface area contributed by atoms with Gasteiger partial charge in [-0.25, -0.2) is 8.78 Å². The molecule has 1 nitrogen and oxygen atoms in total. The molecule has 0 heterocycles. The van der Waals surface area contributed by atoms with Crippen molar-refractivity contribution < 1.29 is 13.9 Å². The van der Waals surface area contributed by atoms with Gasteiger partial charge in [0.1, 0.15) is 17.2 Å². The van der Waals surface area contributed by atoms with Crippen LogP contribution in [0.2, 0.25) is 0 Å². The lowest BCUT2D eigenvalue weighted by Crippen LogP contribution is -2.23. The normalized spacial score (nSPS) is 14.2. The van der Waals surface area contributed by atoms with Gasteiger partial charge in [-0.05, 0) is 61.2 Å². The molecule has 0 fully saturated rings. The topological polar surface area (TPSA) is 20.2 Å². The predicted octanol–water partition coefficient (Wildman–Crippen LogP) is 3.84. The van der Waals surface area contributed by atoms with E-state index in [4.69, 9.17) is 0 Å². The molecule has 1 N–H and O–H groups in total. The van der Waals surface area contributed by atoms with Crippen LogP contribution in [0.1, 0.15) is 29.2 Å². The number of aliphatic hydroxyl groups is 1. The zero-order valence-electron chi connectivity index (χ0n) is 11.2. The first-order valence-corrected chi connectivity index (χ1v) is 6.08. The molecule has 3 heteroatoms. The van der Waals surface area contributed by atoms with Gasteiger partial charge in [-0.1, -0.05) is 18.2 Å². The Balaban J connectivity index is 2.51. The second-order valence-corrected chi connectivity index (χ2v) is 5.00.